The molecule has 10 heteroatoms. The Morgan fingerprint density at radius 2 is 1.97 bits per heavy atom. The maximum Gasteiger partial charge on any atom is 0.267 e. The minimum absolute atomic E-state index is 0.224. The molecule has 0 radical (unpaired) electrons. The first-order chi connectivity index (χ1) is 15.1. The van der Waals surface area contributed by atoms with E-state index in [2.05, 4.69) is 15.0 Å². The molecule has 0 atom stereocenters. The van der Waals surface area contributed by atoms with Gasteiger partial charge in [-0.15, -0.1) is 0 Å². The highest BCUT2D eigenvalue weighted by molar-refractivity contribution is 6.35. The van der Waals surface area contributed by atoms with Gasteiger partial charge in [-0.2, -0.15) is 0 Å². The number of hydrogen-bond donors (Lipinski definition) is 1. The summed E-state index contributed by atoms with van der Waals surface area (Å²) in [5, 5.41) is 0.685. The standard InChI is InChI=1S/C21H16ClN7O2/c1-31-13-5-2-4-12(8-13)29-16(27-15-7-3-6-14(22)17(15)21(29)30)9-28-11-26-18-19(23)24-10-25-20(18)28/h2-8,10-11H,9H2,1H3,(H2,23,24,25). The van der Waals surface area contributed by atoms with Crippen LogP contribution in [0.25, 0.3) is 27.8 Å². The molecule has 0 spiro atoms. The quantitative estimate of drug-likeness (QED) is 0.463. The van der Waals surface area contributed by atoms with Crippen LogP contribution in [-0.4, -0.2) is 36.2 Å². The number of nitrogen functional groups attached to an aromatic ring is 1. The third kappa shape index (κ3) is 3.15. The van der Waals surface area contributed by atoms with Gasteiger partial charge in [0.05, 0.1) is 41.6 Å². The van der Waals surface area contributed by atoms with Gasteiger partial charge in [0.1, 0.15) is 23.4 Å². The Labute approximate surface area is 180 Å². The number of nitrogens with two attached hydrogens (primary N) is 1. The number of rotatable bonds is 4. The van der Waals surface area contributed by atoms with Crippen LogP contribution in [0, 0.1) is 0 Å². The molecule has 0 bridgehead atoms. The molecule has 5 aromatic rings. The van der Waals surface area contributed by atoms with Crippen LogP contribution in [-0.2, 0) is 6.54 Å². The van der Waals surface area contributed by atoms with Crippen molar-refractivity contribution in [2.75, 3.05) is 12.8 Å². The van der Waals surface area contributed by atoms with Crippen molar-refractivity contribution in [2.24, 2.45) is 0 Å². The molecule has 0 unspecified atom stereocenters. The van der Waals surface area contributed by atoms with Crippen LogP contribution in [0.15, 0.2) is 59.9 Å². The summed E-state index contributed by atoms with van der Waals surface area (Å²) < 4.78 is 8.62. The Hall–Kier alpha value is -3.98. The Morgan fingerprint density at radius 1 is 1.13 bits per heavy atom. The molecule has 2 aromatic carbocycles. The third-order valence-electron chi connectivity index (χ3n) is 4.97. The molecule has 0 aliphatic carbocycles. The lowest BCUT2D eigenvalue weighted by Gasteiger charge is -2.15. The summed E-state index contributed by atoms with van der Waals surface area (Å²) in [7, 11) is 1.57. The maximum atomic E-state index is 13.5. The lowest BCUT2D eigenvalue weighted by Crippen LogP contribution is -2.25. The predicted octanol–water partition coefficient (Wildman–Crippen LogP) is 2.82. The summed E-state index contributed by atoms with van der Waals surface area (Å²) in [5.74, 6) is 1.37. The van der Waals surface area contributed by atoms with Crippen LogP contribution in [0.2, 0.25) is 5.02 Å². The molecule has 2 N–H and O–H groups in total. The van der Waals surface area contributed by atoms with Gasteiger partial charge in [0.2, 0.25) is 0 Å². The van der Waals surface area contributed by atoms with Gasteiger partial charge in [0, 0.05) is 6.07 Å². The van der Waals surface area contributed by atoms with Gasteiger partial charge < -0.3 is 15.0 Å². The van der Waals surface area contributed by atoms with Crippen molar-refractivity contribution in [2.45, 2.75) is 6.54 Å². The zero-order chi connectivity index (χ0) is 21.5. The van der Waals surface area contributed by atoms with E-state index < -0.39 is 0 Å². The molecule has 0 saturated carbocycles. The topological polar surface area (TPSA) is 114 Å². The molecule has 5 rings (SSSR count). The van der Waals surface area contributed by atoms with E-state index in [-0.39, 0.29) is 17.9 Å². The highest BCUT2D eigenvalue weighted by Gasteiger charge is 2.17. The maximum absolute atomic E-state index is 13.5. The van der Waals surface area contributed by atoms with Crippen LogP contribution < -0.4 is 16.0 Å². The molecule has 0 fully saturated rings. The van der Waals surface area contributed by atoms with E-state index in [0.717, 1.165) is 0 Å². The van der Waals surface area contributed by atoms with E-state index >= 15 is 0 Å². The normalized spacial score (nSPS) is 11.3. The fourth-order valence-corrected chi connectivity index (χ4v) is 3.77. The molecule has 0 aliphatic rings. The number of aromatic nitrogens is 6. The summed E-state index contributed by atoms with van der Waals surface area (Å²) in [4.78, 5) is 30.8. The second-order valence-electron chi connectivity index (χ2n) is 6.81. The molecule has 3 aromatic heterocycles. The number of benzene rings is 2. The Morgan fingerprint density at radius 3 is 2.81 bits per heavy atom. The van der Waals surface area contributed by atoms with Gasteiger partial charge in [-0.25, -0.2) is 19.9 Å². The second kappa shape index (κ2) is 7.37. The van der Waals surface area contributed by atoms with Gasteiger partial charge in [-0.3, -0.25) is 9.36 Å². The minimum Gasteiger partial charge on any atom is -0.497 e. The number of imidazole rings is 1. The van der Waals surface area contributed by atoms with Crippen LogP contribution in [0.4, 0.5) is 5.82 Å². The van der Waals surface area contributed by atoms with Crippen molar-refractivity contribution in [3.63, 3.8) is 0 Å². The molecule has 3 heterocycles. The fourth-order valence-electron chi connectivity index (χ4n) is 3.52. The highest BCUT2D eigenvalue weighted by atomic mass is 35.5. The van der Waals surface area contributed by atoms with Gasteiger partial charge in [0.15, 0.2) is 11.5 Å². The SMILES string of the molecule is COc1cccc(-n2c(Cn3cnc4c(N)ncnc43)nc3cccc(Cl)c3c2=O)c1. The zero-order valence-electron chi connectivity index (χ0n) is 16.4. The number of halogens is 1. The number of ether oxygens (including phenoxy) is 1. The van der Waals surface area contributed by atoms with E-state index in [1.807, 2.05) is 12.1 Å². The summed E-state index contributed by atoms with van der Waals surface area (Å²) in [6.45, 7) is 0.224. The van der Waals surface area contributed by atoms with E-state index in [9.17, 15) is 4.79 Å². The molecule has 0 saturated heterocycles. The lowest BCUT2D eigenvalue weighted by atomic mass is 10.2. The monoisotopic (exact) mass is 433 g/mol. The van der Waals surface area contributed by atoms with E-state index in [1.54, 1.807) is 48.3 Å². The Bertz CT molecular complexity index is 1510. The van der Waals surface area contributed by atoms with Gasteiger partial charge in [0.25, 0.3) is 5.56 Å². The fraction of sp³-hybridized carbons (Fsp3) is 0.0952. The number of fused-ring (bicyclic) bond motifs is 2. The summed E-state index contributed by atoms with van der Waals surface area (Å²) in [5.41, 5.74) is 7.77. The van der Waals surface area contributed by atoms with Gasteiger partial charge in [-0.05, 0) is 24.3 Å². The second-order valence-corrected chi connectivity index (χ2v) is 7.21. The van der Waals surface area contributed by atoms with E-state index in [4.69, 9.17) is 27.1 Å². The van der Waals surface area contributed by atoms with Crippen LogP contribution in [0.3, 0.4) is 0 Å². The summed E-state index contributed by atoms with van der Waals surface area (Å²) in [6, 6.07) is 12.4. The van der Waals surface area contributed by atoms with Gasteiger partial charge >= 0.3 is 0 Å². The summed E-state index contributed by atoms with van der Waals surface area (Å²) >= 11 is 6.35. The van der Waals surface area contributed by atoms with Crippen molar-refractivity contribution in [3.8, 4) is 11.4 Å². The van der Waals surface area contributed by atoms with Crippen molar-refractivity contribution < 1.29 is 4.74 Å². The minimum atomic E-state index is -0.280. The van der Waals surface area contributed by atoms with Crippen LogP contribution >= 0.6 is 11.6 Å². The molecule has 9 nitrogen and oxygen atoms in total. The average Bonchev–Trinajstić information content (AvgIpc) is 3.18. The first-order valence-corrected chi connectivity index (χ1v) is 9.70. The largest absolute Gasteiger partial charge is 0.497 e. The Balaban J connectivity index is 1.78. The molecular weight excluding hydrogens is 418 g/mol. The average molecular weight is 434 g/mol. The van der Waals surface area contributed by atoms with Crippen molar-refractivity contribution in [1.82, 2.24) is 29.1 Å². The first-order valence-electron chi connectivity index (χ1n) is 9.32. The van der Waals surface area contributed by atoms with Gasteiger partial charge in [-0.1, -0.05) is 23.7 Å². The van der Waals surface area contributed by atoms with Crippen LogP contribution in [0.1, 0.15) is 5.82 Å². The molecule has 154 valence electrons. The Kier molecular flexibility index (Phi) is 4.52. The molecule has 0 amide bonds. The third-order valence-corrected chi connectivity index (χ3v) is 5.28. The summed E-state index contributed by atoms with van der Waals surface area (Å²) in [6.07, 6.45) is 2.97. The molecular formula is C21H16ClN7O2. The number of anilines is 1. The lowest BCUT2D eigenvalue weighted by molar-refractivity contribution is 0.414. The van der Waals surface area contributed by atoms with Crippen molar-refractivity contribution >= 4 is 39.5 Å². The zero-order valence-corrected chi connectivity index (χ0v) is 17.1. The highest BCUT2D eigenvalue weighted by Crippen LogP contribution is 2.23. The number of hydrogen-bond acceptors (Lipinski definition) is 7. The van der Waals surface area contributed by atoms with E-state index in [0.29, 0.717) is 44.4 Å². The predicted molar refractivity (Wildman–Crippen MR) is 118 cm³/mol. The van der Waals surface area contributed by atoms with E-state index in [1.165, 1.54) is 10.9 Å². The smallest absolute Gasteiger partial charge is 0.267 e. The number of nitrogens with zero attached hydrogens (tertiary/aromatic N) is 6. The number of methoxy groups -OCH3 is 1. The van der Waals surface area contributed by atoms with Crippen LogP contribution in [0.5, 0.6) is 5.75 Å². The molecule has 31 heavy (non-hydrogen) atoms. The van der Waals surface area contributed by atoms with Crippen molar-refractivity contribution in [3.05, 3.63) is 76.3 Å². The van der Waals surface area contributed by atoms with Crippen molar-refractivity contribution in [1.29, 1.82) is 0 Å². The first kappa shape index (κ1) is 19.0. The molecule has 0 aliphatic heterocycles.